The van der Waals surface area contributed by atoms with Crippen LogP contribution in [0.1, 0.15) is 10.4 Å². The van der Waals surface area contributed by atoms with Gasteiger partial charge >= 0.3 is 5.97 Å². The summed E-state index contributed by atoms with van der Waals surface area (Å²) in [6, 6.07) is 5.35. The molecular weight excluding hydrogens is 250 g/mol. The number of rotatable bonds is 1. The average Bonchev–Trinajstić information content (AvgIpc) is 2.43. The Morgan fingerprint density at radius 3 is 3.00 bits per heavy atom. The quantitative estimate of drug-likeness (QED) is 0.677. The molecular formula is C12H9N3O2S. The first-order chi connectivity index (χ1) is 8.78. The van der Waals surface area contributed by atoms with Crippen LogP contribution in [0.2, 0.25) is 0 Å². The molecule has 0 saturated heterocycles. The highest BCUT2D eigenvalue weighted by Gasteiger charge is 2.19. The standard InChI is InChI=1S/C12H9N3O2S/c1-17-12(16)7-2-3-8-9(6-7)18-11-10(15-8)13-4-5-14-11/h2-6H,1H3,(H,13,15). The molecule has 3 rings (SSSR count). The molecule has 5 nitrogen and oxygen atoms in total. The second-order valence-corrected chi connectivity index (χ2v) is 4.67. The van der Waals surface area contributed by atoms with Crippen LogP contribution in [-0.4, -0.2) is 23.0 Å². The number of hydrogen-bond donors (Lipinski definition) is 1. The second-order valence-electron chi connectivity index (χ2n) is 3.64. The van der Waals surface area contributed by atoms with E-state index < -0.39 is 0 Å². The molecule has 2 aromatic rings. The van der Waals surface area contributed by atoms with Crippen LogP contribution < -0.4 is 5.32 Å². The Kier molecular flexibility index (Phi) is 2.64. The number of carbonyl (C=O) groups excluding carboxylic acids is 1. The third-order valence-corrected chi connectivity index (χ3v) is 3.58. The first-order valence-corrected chi connectivity index (χ1v) is 6.08. The fourth-order valence-corrected chi connectivity index (χ4v) is 2.61. The van der Waals surface area contributed by atoms with Gasteiger partial charge in [-0.2, -0.15) is 0 Å². The fraction of sp³-hybridized carbons (Fsp3) is 0.0833. The molecule has 6 heteroatoms. The summed E-state index contributed by atoms with van der Waals surface area (Å²) in [5.41, 5.74) is 1.44. The van der Waals surface area contributed by atoms with E-state index in [-0.39, 0.29) is 5.97 Å². The van der Waals surface area contributed by atoms with Crippen LogP contribution in [0.5, 0.6) is 0 Å². The van der Waals surface area contributed by atoms with Crippen LogP contribution in [0.15, 0.2) is 40.5 Å². The fourth-order valence-electron chi connectivity index (χ4n) is 1.67. The van der Waals surface area contributed by atoms with E-state index in [0.29, 0.717) is 5.56 Å². The minimum atomic E-state index is -0.344. The molecule has 1 N–H and O–H groups in total. The lowest BCUT2D eigenvalue weighted by atomic mass is 10.2. The largest absolute Gasteiger partial charge is 0.465 e. The Hall–Kier alpha value is -2.08. The summed E-state index contributed by atoms with van der Waals surface area (Å²) in [6.45, 7) is 0. The number of anilines is 2. The third kappa shape index (κ3) is 1.80. The molecule has 1 aliphatic rings. The lowest BCUT2D eigenvalue weighted by Gasteiger charge is -2.18. The summed E-state index contributed by atoms with van der Waals surface area (Å²) in [6.07, 6.45) is 3.28. The molecule has 90 valence electrons. The van der Waals surface area contributed by atoms with Gasteiger partial charge in [-0.1, -0.05) is 11.8 Å². The SMILES string of the molecule is COC(=O)c1ccc2c(c1)Sc1nccnc1N2. The van der Waals surface area contributed by atoms with Gasteiger partial charge in [-0.3, -0.25) is 0 Å². The van der Waals surface area contributed by atoms with E-state index >= 15 is 0 Å². The maximum atomic E-state index is 11.5. The van der Waals surface area contributed by atoms with Gasteiger partial charge in [-0.15, -0.1) is 0 Å². The number of benzene rings is 1. The monoisotopic (exact) mass is 259 g/mol. The zero-order valence-electron chi connectivity index (χ0n) is 9.51. The summed E-state index contributed by atoms with van der Waals surface area (Å²) in [7, 11) is 1.37. The van der Waals surface area contributed by atoms with Gasteiger partial charge in [0.25, 0.3) is 0 Å². The second kappa shape index (κ2) is 4.30. The van der Waals surface area contributed by atoms with Gasteiger partial charge in [-0.05, 0) is 18.2 Å². The average molecular weight is 259 g/mol. The van der Waals surface area contributed by atoms with Crippen molar-refractivity contribution in [2.75, 3.05) is 12.4 Å². The Morgan fingerprint density at radius 2 is 2.17 bits per heavy atom. The summed E-state index contributed by atoms with van der Waals surface area (Å²) < 4.78 is 4.70. The summed E-state index contributed by atoms with van der Waals surface area (Å²) in [5.74, 6) is 0.393. The Bertz CT molecular complexity index is 630. The van der Waals surface area contributed by atoms with Crippen molar-refractivity contribution in [3.63, 3.8) is 0 Å². The van der Waals surface area contributed by atoms with Gasteiger partial charge < -0.3 is 10.1 Å². The predicted octanol–water partition coefficient (Wildman–Crippen LogP) is 2.47. The maximum absolute atomic E-state index is 11.5. The lowest BCUT2D eigenvalue weighted by Crippen LogP contribution is -2.06. The predicted molar refractivity (Wildman–Crippen MR) is 67.2 cm³/mol. The van der Waals surface area contributed by atoms with Gasteiger partial charge in [0.1, 0.15) is 5.03 Å². The molecule has 1 aromatic heterocycles. The van der Waals surface area contributed by atoms with Crippen molar-refractivity contribution in [3.05, 3.63) is 36.2 Å². The Labute approximate surface area is 108 Å². The van der Waals surface area contributed by atoms with Crippen LogP contribution in [0.25, 0.3) is 0 Å². The van der Waals surface area contributed by atoms with E-state index in [1.165, 1.54) is 18.9 Å². The molecule has 0 radical (unpaired) electrons. The number of carbonyl (C=O) groups is 1. The molecule has 0 fully saturated rings. The number of aromatic nitrogens is 2. The number of nitrogens with zero attached hydrogens (tertiary/aromatic N) is 2. The molecule has 18 heavy (non-hydrogen) atoms. The van der Waals surface area contributed by atoms with Crippen molar-refractivity contribution in [2.24, 2.45) is 0 Å². The number of methoxy groups -OCH3 is 1. The summed E-state index contributed by atoms with van der Waals surface area (Å²) >= 11 is 1.48. The Morgan fingerprint density at radius 1 is 1.33 bits per heavy atom. The first-order valence-electron chi connectivity index (χ1n) is 5.26. The first kappa shape index (κ1) is 11.0. The highest BCUT2D eigenvalue weighted by Crippen LogP contribution is 2.42. The van der Waals surface area contributed by atoms with Crippen molar-refractivity contribution in [1.29, 1.82) is 0 Å². The number of fused-ring (bicyclic) bond motifs is 2. The van der Waals surface area contributed by atoms with Crippen LogP contribution in [0, 0.1) is 0 Å². The molecule has 0 atom stereocenters. The minimum absolute atomic E-state index is 0.344. The number of nitrogens with one attached hydrogen (secondary N) is 1. The van der Waals surface area contributed by atoms with Gasteiger partial charge in [0.15, 0.2) is 5.82 Å². The van der Waals surface area contributed by atoms with Crippen LogP contribution >= 0.6 is 11.8 Å². The zero-order chi connectivity index (χ0) is 12.5. The number of hydrogen-bond acceptors (Lipinski definition) is 6. The Balaban J connectivity index is 2.01. The molecule has 0 spiro atoms. The number of esters is 1. The van der Waals surface area contributed by atoms with E-state index in [9.17, 15) is 4.79 Å². The molecule has 0 amide bonds. The van der Waals surface area contributed by atoms with Crippen molar-refractivity contribution in [2.45, 2.75) is 9.92 Å². The molecule has 0 aliphatic carbocycles. The van der Waals surface area contributed by atoms with Crippen molar-refractivity contribution in [3.8, 4) is 0 Å². The normalized spacial score (nSPS) is 12.1. The van der Waals surface area contributed by atoms with Gasteiger partial charge in [0.05, 0.1) is 18.4 Å². The van der Waals surface area contributed by atoms with E-state index in [1.807, 2.05) is 6.07 Å². The molecule has 0 unspecified atom stereocenters. The number of ether oxygens (including phenoxy) is 1. The van der Waals surface area contributed by atoms with Crippen LogP contribution in [0.4, 0.5) is 11.5 Å². The molecule has 1 aromatic carbocycles. The van der Waals surface area contributed by atoms with E-state index in [4.69, 9.17) is 4.74 Å². The third-order valence-electron chi connectivity index (χ3n) is 2.53. The van der Waals surface area contributed by atoms with E-state index in [1.54, 1.807) is 24.5 Å². The van der Waals surface area contributed by atoms with Crippen LogP contribution in [0.3, 0.4) is 0 Å². The summed E-state index contributed by atoms with van der Waals surface area (Å²) in [5, 5.41) is 3.98. The summed E-state index contributed by atoms with van der Waals surface area (Å²) in [4.78, 5) is 20.8. The van der Waals surface area contributed by atoms with E-state index in [0.717, 1.165) is 21.4 Å². The van der Waals surface area contributed by atoms with Crippen molar-refractivity contribution >= 4 is 29.2 Å². The molecule has 0 saturated carbocycles. The maximum Gasteiger partial charge on any atom is 0.337 e. The molecule has 1 aliphatic heterocycles. The lowest BCUT2D eigenvalue weighted by molar-refractivity contribution is 0.0600. The smallest absolute Gasteiger partial charge is 0.337 e. The zero-order valence-corrected chi connectivity index (χ0v) is 10.3. The highest BCUT2D eigenvalue weighted by atomic mass is 32.2. The topological polar surface area (TPSA) is 64.1 Å². The van der Waals surface area contributed by atoms with Gasteiger partial charge in [-0.25, -0.2) is 14.8 Å². The van der Waals surface area contributed by atoms with Crippen LogP contribution in [-0.2, 0) is 4.74 Å². The molecule has 2 heterocycles. The minimum Gasteiger partial charge on any atom is -0.465 e. The van der Waals surface area contributed by atoms with E-state index in [2.05, 4.69) is 15.3 Å². The van der Waals surface area contributed by atoms with Gasteiger partial charge in [0.2, 0.25) is 0 Å². The van der Waals surface area contributed by atoms with Crippen molar-refractivity contribution < 1.29 is 9.53 Å². The van der Waals surface area contributed by atoms with Crippen molar-refractivity contribution in [1.82, 2.24) is 9.97 Å². The molecule has 0 bridgehead atoms. The highest BCUT2D eigenvalue weighted by molar-refractivity contribution is 7.99. The van der Waals surface area contributed by atoms with Gasteiger partial charge in [0, 0.05) is 17.3 Å².